The third-order valence-electron chi connectivity index (χ3n) is 19.4. The van der Waals surface area contributed by atoms with Crippen molar-refractivity contribution in [3.63, 3.8) is 0 Å². The maximum absolute atomic E-state index is 2.56. The third-order valence-corrected chi connectivity index (χ3v) is 19.4. The molecular formula is C57H78. The van der Waals surface area contributed by atoms with E-state index in [2.05, 4.69) is 118 Å². The lowest BCUT2D eigenvalue weighted by atomic mass is 9.68. The van der Waals surface area contributed by atoms with Crippen molar-refractivity contribution in [2.75, 3.05) is 0 Å². The summed E-state index contributed by atoms with van der Waals surface area (Å²) >= 11 is 0. The molecule has 0 aliphatic heterocycles. The van der Waals surface area contributed by atoms with Crippen LogP contribution in [0, 0.1) is 124 Å². The fourth-order valence-electron chi connectivity index (χ4n) is 18.2. The minimum atomic E-state index is 0.962. The number of rotatable bonds is 5. The fraction of sp³-hybridized carbons (Fsp3) is 0.684. The Hall–Kier alpha value is -2.34. The van der Waals surface area contributed by atoms with E-state index in [1.807, 2.05) is 13.8 Å². The van der Waals surface area contributed by atoms with Crippen LogP contribution in [0.25, 0.3) is 0 Å². The molecule has 0 heteroatoms. The number of benzene rings is 2. The maximum atomic E-state index is 2.56. The van der Waals surface area contributed by atoms with Crippen LogP contribution in [0.1, 0.15) is 116 Å². The van der Waals surface area contributed by atoms with Crippen LogP contribution < -0.4 is 0 Å². The van der Waals surface area contributed by atoms with E-state index in [0.29, 0.717) is 0 Å². The molecule has 0 heterocycles. The van der Waals surface area contributed by atoms with Crippen molar-refractivity contribution in [1.82, 2.24) is 0 Å². The van der Waals surface area contributed by atoms with Crippen LogP contribution in [0.15, 0.2) is 97.1 Å². The highest BCUT2D eigenvalue weighted by molar-refractivity contribution is 5.25. The van der Waals surface area contributed by atoms with Gasteiger partial charge in [0.2, 0.25) is 0 Å². The molecule has 0 N–H and O–H groups in total. The van der Waals surface area contributed by atoms with Crippen LogP contribution in [0.4, 0.5) is 0 Å². The normalized spacial score (nSPS) is 48.4. The minimum absolute atomic E-state index is 0.962. The van der Waals surface area contributed by atoms with E-state index in [9.17, 15) is 0 Å². The van der Waals surface area contributed by atoms with Crippen LogP contribution in [0.5, 0.6) is 0 Å². The molecule has 0 amide bonds. The summed E-state index contributed by atoms with van der Waals surface area (Å²) in [5, 5.41) is 0. The lowest BCUT2D eigenvalue weighted by Crippen LogP contribution is -2.31. The van der Waals surface area contributed by atoms with Gasteiger partial charge in [0.25, 0.3) is 0 Å². The van der Waals surface area contributed by atoms with Gasteiger partial charge in [-0.25, -0.2) is 0 Å². The van der Waals surface area contributed by atoms with Gasteiger partial charge in [0.1, 0.15) is 0 Å². The molecule has 2 aromatic carbocycles. The first kappa shape index (κ1) is 38.8. The number of allylic oxidation sites excluding steroid dienone is 6. The van der Waals surface area contributed by atoms with Gasteiger partial charge in [-0.2, -0.15) is 0 Å². The monoisotopic (exact) mass is 763 g/mol. The van der Waals surface area contributed by atoms with Crippen molar-refractivity contribution in [3.05, 3.63) is 108 Å². The Morgan fingerprint density at radius 2 is 0.667 bits per heavy atom. The molecule has 2 aromatic rings. The summed E-state index contributed by atoms with van der Waals surface area (Å²) in [6.45, 7) is 10.7. The first-order valence-corrected chi connectivity index (χ1v) is 25.2. The van der Waals surface area contributed by atoms with Gasteiger partial charge in [0.15, 0.2) is 0 Å². The number of hydrogen-bond donors (Lipinski definition) is 0. The first-order valence-electron chi connectivity index (χ1n) is 25.2. The molecule has 21 unspecified atom stereocenters. The lowest BCUT2D eigenvalue weighted by molar-refractivity contribution is 0.147. The molecule has 14 rings (SSSR count). The highest BCUT2D eigenvalue weighted by Crippen LogP contribution is 2.69. The van der Waals surface area contributed by atoms with E-state index in [-0.39, 0.29) is 0 Å². The Morgan fingerprint density at radius 1 is 0.368 bits per heavy atom. The third kappa shape index (κ3) is 6.66. The van der Waals surface area contributed by atoms with Gasteiger partial charge in [-0.3, -0.25) is 0 Å². The van der Waals surface area contributed by atoms with E-state index in [1.165, 1.54) is 57.8 Å². The zero-order valence-electron chi connectivity index (χ0n) is 36.6. The molecular weight excluding hydrogens is 685 g/mol. The van der Waals surface area contributed by atoms with Gasteiger partial charge in [0.05, 0.1) is 0 Å². The summed E-state index contributed by atoms with van der Waals surface area (Å²) in [4.78, 5) is 0. The predicted molar refractivity (Wildman–Crippen MR) is 240 cm³/mol. The van der Waals surface area contributed by atoms with Crippen molar-refractivity contribution in [2.24, 2.45) is 124 Å². The second-order valence-corrected chi connectivity index (χ2v) is 21.8. The molecule has 0 nitrogen and oxygen atoms in total. The minimum Gasteiger partial charge on any atom is -0.0848 e. The Morgan fingerprint density at radius 3 is 1.00 bits per heavy atom. The van der Waals surface area contributed by atoms with Gasteiger partial charge in [-0.05, 0) is 206 Å². The Kier molecular flexibility index (Phi) is 11.1. The highest BCUT2D eigenvalue weighted by Gasteiger charge is 2.62. The average molecular weight is 763 g/mol. The Balaban J connectivity index is 0.0000000997. The van der Waals surface area contributed by atoms with Crippen LogP contribution in [-0.4, -0.2) is 0 Å². The maximum Gasteiger partial charge on any atom is -0.0194 e. The summed E-state index contributed by atoms with van der Waals surface area (Å²) in [6, 6.07) is 22.4. The molecule has 0 aromatic heterocycles. The fourth-order valence-corrected chi connectivity index (χ4v) is 18.2. The first-order chi connectivity index (χ1) is 28.1. The van der Waals surface area contributed by atoms with Crippen molar-refractivity contribution in [1.29, 1.82) is 0 Å². The molecule has 9 fully saturated rings. The second-order valence-electron chi connectivity index (χ2n) is 21.8. The van der Waals surface area contributed by atoms with Crippen LogP contribution in [-0.2, 0) is 12.8 Å². The van der Waals surface area contributed by atoms with Crippen molar-refractivity contribution in [2.45, 2.75) is 118 Å². The van der Waals surface area contributed by atoms with E-state index < -0.39 is 0 Å². The lowest BCUT2D eigenvalue weighted by Gasteiger charge is -2.36. The highest BCUT2D eigenvalue weighted by atomic mass is 14.7. The van der Waals surface area contributed by atoms with E-state index in [4.69, 9.17) is 0 Å². The molecule has 21 atom stereocenters. The van der Waals surface area contributed by atoms with Gasteiger partial charge in [-0.15, -0.1) is 0 Å². The summed E-state index contributed by atoms with van der Waals surface area (Å²) < 4.78 is 0. The van der Waals surface area contributed by atoms with Crippen LogP contribution in [0.2, 0.25) is 0 Å². The standard InChI is InChI=1S/2C19H22.C14H20.C3H8.C2H6/c2*1-2-4-12(5-3-1)8-15-10-16-11-17(15)19-14-7-6-13(9-14)18(16)19;1-2-8-5-11-7-12(8)14-10-4-3-9(6-10)13(11)14;1-3-2;1-2/h2*1-7,13-19H,8-11H2;3-4,8-14H,2,5-7H2,1H3;3H2,1-2H3;1-2H3. The molecule has 9 saturated carbocycles. The predicted octanol–water partition coefficient (Wildman–Crippen LogP) is 14.6. The van der Waals surface area contributed by atoms with Crippen LogP contribution >= 0.6 is 0 Å². The summed E-state index contributed by atoms with van der Waals surface area (Å²) in [5.74, 6) is 22.1. The molecule has 12 aliphatic rings. The Bertz CT molecular complexity index is 1630. The SMILES string of the molecule is C1=CC2CC1C1C3CC(Cc4ccccc4)C(C3)C21.C1=CC2CC1C1C3CC(Cc4ccccc4)C(C3)C21.CC.CCC.CCC1CC2CC1C1C3C=CC(C3)C21. The van der Waals surface area contributed by atoms with E-state index in [1.54, 1.807) is 36.8 Å². The van der Waals surface area contributed by atoms with Crippen molar-refractivity contribution in [3.8, 4) is 0 Å². The number of hydrogen-bond acceptors (Lipinski definition) is 0. The molecule has 0 spiro atoms. The second kappa shape index (κ2) is 16.3. The van der Waals surface area contributed by atoms with E-state index >= 15 is 0 Å². The molecule has 0 radical (unpaired) electrons. The summed E-state index contributed by atoms with van der Waals surface area (Å²) in [5.41, 5.74) is 3.13. The molecule has 12 bridgehead atoms. The summed E-state index contributed by atoms with van der Waals surface area (Å²) in [6.07, 6.45) is 34.6. The van der Waals surface area contributed by atoms with Gasteiger partial charge in [0, 0.05) is 0 Å². The van der Waals surface area contributed by atoms with E-state index in [0.717, 1.165) is 124 Å². The summed E-state index contributed by atoms with van der Waals surface area (Å²) in [7, 11) is 0. The zero-order chi connectivity index (χ0) is 38.8. The molecule has 57 heavy (non-hydrogen) atoms. The Labute approximate surface area is 349 Å². The molecule has 306 valence electrons. The molecule has 12 aliphatic carbocycles. The number of fused-ring (bicyclic) bond motifs is 27. The zero-order valence-corrected chi connectivity index (χ0v) is 36.6. The largest absolute Gasteiger partial charge is 0.0848 e. The molecule has 0 saturated heterocycles. The van der Waals surface area contributed by atoms with Crippen molar-refractivity contribution >= 4 is 0 Å². The smallest absolute Gasteiger partial charge is 0.0194 e. The van der Waals surface area contributed by atoms with Crippen molar-refractivity contribution < 1.29 is 0 Å². The quantitative estimate of drug-likeness (QED) is 0.210. The van der Waals surface area contributed by atoms with Crippen LogP contribution in [0.3, 0.4) is 0 Å². The topological polar surface area (TPSA) is 0 Å². The van der Waals surface area contributed by atoms with Gasteiger partial charge in [-0.1, -0.05) is 145 Å². The van der Waals surface area contributed by atoms with Gasteiger partial charge < -0.3 is 0 Å². The van der Waals surface area contributed by atoms with Gasteiger partial charge >= 0.3 is 0 Å². The average Bonchev–Trinajstić information content (AvgIpc) is 4.10.